The fourth-order valence-corrected chi connectivity index (χ4v) is 1.11. The molecule has 5 heteroatoms. The van der Waals surface area contributed by atoms with Gasteiger partial charge in [0.1, 0.15) is 5.70 Å². The summed E-state index contributed by atoms with van der Waals surface area (Å²) in [6.07, 6.45) is 3.41. The van der Waals surface area contributed by atoms with Gasteiger partial charge in [0.05, 0.1) is 0 Å². The van der Waals surface area contributed by atoms with Crippen molar-refractivity contribution in [3.8, 4) is 0 Å². The van der Waals surface area contributed by atoms with Crippen molar-refractivity contribution in [1.29, 1.82) is 0 Å². The van der Waals surface area contributed by atoms with Crippen LogP contribution in [0, 0.1) is 0 Å². The molecule has 0 saturated carbocycles. The van der Waals surface area contributed by atoms with Gasteiger partial charge in [-0.25, -0.2) is 4.79 Å². The lowest BCUT2D eigenvalue weighted by atomic mass is 10.2. The first-order chi connectivity index (χ1) is 7.59. The number of nitrogens with one attached hydrogen (secondary N) is 1. The fourth-order valence-electron chi connectivity index (χ4n) is 1.11. The Labute approximate surface area is 92.8 Å². The van der Waals surface area contributed by atoms with E-state index in [0.717, 1.165) is 5.69 Å². The maximum Gasteiger partial charge on any atom is 0.352 e. The number of amides is 1. The van der Waals surface area contributed by atoms with Gasteiger partial charge in [-0.2, -0.15) is 0 Å². The van der Waals surface area contributed by atoms with Crippen LogP contribution in [0.2, 0.25) is 0 Å². The SMILES string of the molecule is CC(=O)N/C(=C/Cc1ccccn1)C(=O)O. The first kappa shape index (κ1) is 11.9. The van der Waals surface area contributed by atoms with Crippen LogP contribution >= 0.6 is 0 Å². The Balaban J connectivity index is 2.72. The van der Waals surface area contributed by atoms with Crippen LogP contribution in [0.5, 0.6) is 0 Å². The van der Waals surface area contributed by atoms with Crippen LogP contribution in [0.1, 0.15) is 12.6 Å². The Morgan fingerprint density at radius 2 is 2.25 bits per heavy atom. The van der Waals surface area contributed by atoms with Gasteiger partial charge in [-0.15, -0.1) is 0 Å². The lowest BCUT2D eigenvalue weighted by molar-refractivity contribution is -0.134. The van der Waals surface area contributed by atoms with E-state index in [1.54, 1.807) is 18.3 Å². The van der Waals surface area contributed by atoms with E-state index in [9.17, 15) is 9.59 Å². The normalized spacial score (nSPS) is 10.9. The minimum Gasteiger partial charge on any atom is -0.477 e. The van der Waals surface area contributed by atoms with Crippen molar-refractivity contribution in [2.24, 2.45) is 0 Å². The lowest BCUT2D eigenvalue weighted by Gasteiger charge is -2.02. The monoisotopic (exact) mass is 220 g/mol. The number of carbonyl (C=O) groups excluding carboxylic acids is 1. The second kappa shape index (κ2) is 5.65. The maximum absolute atomic E-state index is 10.8. The standard InChI is InChI=1S/C11H12N2O3/c1-8(14)13-10(11(15)16)6-5-9-4-2-3-7-12-9/h2-4,6-7H,5H2,1H3,(H,13,14)(H,15,16)/b10-6+. The average Bonchev–Trinajstić information content (AvgIpc) is 2.25. The largest absolute Gasteiger partial charge is 0.477 e. The van der Waals surface area contributed by atoms with Crippen LogP contribution in [-0.2, 0) is 16.0 Å². The van der Waals surface area contributed by atoms with Crippen LogP contribution in [-0.4, -0.2) is 22.0 Å². The molecule has 0 fully saturated rings. The van der Waals surface area contributed by atoms with Crippen LogP contribution in [0.15, 0.2) is 36.2 Å². The predicted molar refractivity (Wildman–Crippen MR) is 57.5 cm³/mol. The van der Waals surface area contributed by atoms with Crippen LogP contribution in [0.25, 0.3) is 0 Å². The van der Waals surface area contributed by atoms with Crippen molar-refractivity contribution in [1.82, 2.24) is 10.3 Å². The molecule has 0 aromatic carbocycles. The molecule has 2 N–H and O–H groups in total. The molecule has 0 atom stereocenters. The minimum atomic E-state index is -1.16. The molecule has 0 aliphatic heterocycles. The number of carboxylic acids is 1. The molecule has 5 nitrogen and oxygen atoms in total. The van der Waals surface area contributed by atoms with E-state index in [1.165, 1.54) is 13.0 Å². The molecule has 0 aliphatic rings. The highest BCUT2D eigenvalue weighted by atomic mass is 16.4. The van der Waals surface area contributed by atoms with Gasteiger partial charge in [0.2, 0.25) is 5.91 Å². The number of hydrogen-bond donors (Lipinski definition) is 2. The number of rotatable bonds is 4. The van der Waals surface area contributed by atoms with Gasteiger partial charge in [0.15, 0.2) is 0 Å². The summed E-state index contributed by atoms with van der Waals surface area (Å²) >= 11 is 0. The lowest BCUT2D eigenvalue weighted by Crippen LogP contribution is -2.24. The molecule has 84 valence electrons. The molecular weight excluding hydrogens is 208 g/mol. The van der Waals surface area contributed by atoms with Gasteiger partial charge < -0.3 is 10.4 Å². The first-order valence-electron chi connectivity index (χ1n) is 4.70. The van der Waals surface area contributed by atoms with Crippen molar-refractivity contribution in [3.05, 3.63) is 41.9 Å². The smallest absolute Gasteiger partial charge is 0.352 e. The van der Waals surface area contributed by atoms with Gasteiger partial charge in [0, 0.05) is 25.2 Å². The van der Waals surface area contributed by atoms with E-state index in [2.05, 4.69) is 10.3 Å². The molecule has 0 unspecified atom stereocenters. The fraction of sp³-hybridized carbons (Fsp3) is 0.182. The zero-order valence-corrected chi connectivity index (χ0v) is 8.80. The molecule has 1 amide bonds. The number of pyridine rings is 1. The van der Waals surface area contributed by atoms with Crippen molar-refractivity contribution in [2.45, 2.75) is 13.3 Å². The zero-order chi connectivity index (χ0) is 12.0. The summed E-state index contributed by atoms with van der Waals surface area (Å²) in [5.41, 5.74) is 0.616. The quantitative estimate of drug-likeness (QED) is 0.733. The molecule has 0 saturated heterocycles. The molecule has 1 aromatic rings. The summed E-state index contributed by atoms with van der Waals surface area (Å²) in [6, 6.07) is 5.37. The minimum absolute atomic E-state index is 0.127. The number of nitrogens with zero attached hydrogens (tertiary/aromatic N) is 1. The van der Waals surface area contributed by atoms with Gasteiger partial charge >= 0.3 is 5.97 Å². The summed E-state index contributed by atoms with van der Waals surface area (Å²) in [5, 5.41) is 11.0. The van der Waals surface area contributed by atoms with Gasteiger partial charge in [-0.05, 0) is 18.2 Å². The Morgan fingerprint density at radius 3 is 2.75 bits per heavy atom. The summed E-state index contributed by atoms with van der Waals surface area (Å²) < 4.78 is 0. The number of carboxylic acid groups (broad SMARTS) is 1. The Kier molecular flexibility index (Phi) is 4.20. The summed E-state index contributed by atoms with van der Waals surface area (Å²) in [5.74, 6) is -1.57. The summed E-state index contributed by atoms with van der Waals surface area (Å²) in [4.78, 5) is 25.5. The third-order valence-electron chi connectivity index (χ3n) is 1.78. The summed E-state index contributed by atoms with van der Waals surface area (Å²) in [6.45, 7) is 1.26. The van der Waals surface area contributed by atoms with Crippen LogP contribution in [0.4, 0.5) is 0 Å². The van der Waals surface area contributed by atoms with E-state index >= 15 is 0 Å². The molecule has 0 bridgehead atoms. The Bertz CT molecular complexity index is 412. The van der Waals surface area contributed by atoms with E-state index in [4.69, 9.17) is 5.11 Å². The van der Waals surface area contributed by atoms with Crippen LogP contribution < -0.4 is 5.32 Å². The molecule has 1 rings (SSSR count). The van der Waals surface area contributed by atoms with Crippen molar-refractivity contribution in [2.75, 3.05) is 0 Å². The third-order valence-corrected chi connectivity index (χ3v) is 1.78. The number of hydrogen-bond acceptors (Lipinski definition) is 3. The number of carbonyl (C=O) groups is 2. The van der Waals surface area contributed by atoms with E-state index in [0.29, 0.717) is 6.42 Å². The van der Waals surface area contributed by atoms with E-state index < -0.39 is 11.9 Å². The molecule has 0 radical (unpaired) electrons. The number of aliphatic carboxylic acids is 1. The molecule has 1 aromatic heterocycles. The van der Waals surface area contributed by atoms with Gasteiger partial charge in [-0.3, -0.25) is 9.78 Å². The molecule has 0 aliphatic carbocycles. The van der Waals surface area contributed by atoms with Crippen molar-refractivity contribution in [3.63, 3.8) is 0 Å². The van der Waals surface area contributed by atoms with E-state index in [-0.39, 0.29) is 5.70 Å². The van der Waals surface area contributed by atoms with Gasteiger partial charge in [-0.1, -0.05) is 6.07 Å². The highest BCUT2D eigenvalue weighted by Crippen LogP contribution is 1.99. The second-order valence-corrected chi connectivity index (χ2v) is 3.13. The van der Waals surface area contributed by atoms with Crippen molar-refractivity contribution >= 4 is 11.9 Å². The zero-order valence-electron chi connectivity index (χ0n) is 8.80. The molecule has 16 heavy (non-hydrogen) atoms. The molecule has 0 spiro atoms. The number of allylic oxidation sites excluding steroid dienone is 1. The Hall–Kier alpha value is -2.17. The van der Waals surface area contributed by atoms with Gasteiger partial charge in [0.25, 0.3) is 0 Å². The number of aromatic nitrogens is 1. The third kappa shape index (κ3) is 3.91. The van der Waals surface area contributed by atoms with Crippen molar-refractivity contribution < 1.29 is 14.7 Å². The second-order valence-electron chi connectivity index (χ2n) is 3.13. The topological polar surface area (TPSA) is 79.3 Å². The highest BCUT2D eigenvalue weighted by Gasteiger charge is 2.07. The predicted octanol–water partition coefficient (Wildman–Crippen LogP) is 0.729. The average molecular weight is 220 g/mol. The molecule has 1 heterocycles. The first-order valence-corrected chi connectivity index (χ1v) is 4.70. The van der Waals surface area contributed by atoms with Crippen LogP contribution in [0.3, 0.4) is 0 Å². The summed E-state index contributed by atoms with van der Waals surface area (Å²) in [7, 11) is 0. The maximum atomic E-state index is 10.8. The Morgan fingerprint density at radius 1 is 1.50 bits per heavy atom. The van der Waals surface area contributed by atoms with E-state index in [1.807, 2.05) is 6.07 Å². The highest BCUT2D eigenvalue weighted by molar-refractivity contribution is 5.91. The molecular formula is C11H12N2O3.